The Kier molecular flexibility index (Phi) is 5.42. The second kappa shape index (κ2) is 7.88. The Morgan fingerprint density at radius 3 is 2.47 bits per heavy atom. The summed E-state index contributed by atoms with van der Waals surface area (Å²) in [5.41, 5.74) is 8.48. The Morgan fingerprint density at radius 2 is 1.90 bits per heavy atom. The number of benzene rings is 1. The number of sulfonamides is 1. The summed E-state index contributed by atoms with van der Waals surface area (Å²) in [6, 6.07) is 8.45. The zero-order chi connectivity index (χ0) is 21.4. The fourth-order valence-electron chi connectivity index (χ4n) is 4.19. The molecule has 1 saturated carbocycles. The van der Waals surface area contributed by atoms with Gasteiger partial charge in [0.25, 0.3) is 5.91 Å². The molecule has 0 radical (unpaired) electrons. The lowest BCUT2D eigenvalue weighted by molar-refractivity contribution is 0.100. The Labute approximate surface area is 176 Å². The number of carbonyl (C=O) groups excluding carboxylic acids is 1. The van der Waals surface area contributed by atoms with Crippen molar-refractivity contribution in [2.75, 3.05) is 35.1 Å². The quantitative estimate of drug-likeness (QED) is 0.617. The van der Waals surface area contributed by atoms with Crippen LogP contribution in [0.3, 0.4) is 0 Å². The zero-order valence-corrected chi connectivity index (χ0v) is 17.5. The smallest absolute Gasteiger partial charge is 0.250 e. The third-order valence-electron chi connectivity index (χ3n) is 6.09. The number of rotatable bonds is 7. The van der Waals surface area contributed by atoms with Crippen LogP contribution in [0.25, 0.3) is 11.3 Å². The average Bonchev–Trinajstić information content (AvgIpc) is 3.47. The van der Waals surface area contributed by atoms with E-state index in [0.29, 0.717) is 33.6 Å². The van der Waals surface area contributed by atoms with Gasteiger partial charge in [-0.1, -0.05) is 6.07 Å². The van der Waals surface area contributed by atoms with Crippen LogP contribution >= 0.6 is 0 Å². The molecule has 8 nitrogen and oxygen atoms in total. The van der Waals surface area contributed by atoms with Crippen molar-refractivity contribution in [3.8, 4) is 11.3 Å². The lowest BCUT2D eigenvalue weighted by atomic mass is 9.91. The first-order valence-corrected chi connectivity index (χ1v) is 11.7. The Balaban J connectivity index is 1.86. The maximum Gasteiger partial charge on any atom is 0.250 e. The van der Waals surface area contributed by atoms with E-state index < -0.39 is 28.3 Å². The van der Waals surface area contributed by atoms with Crippen molar-refractivity contribution < 1.29 is 18.3 Å². The molecule has 2 fully saturated rings. The topological polar surface area (TPSA) is 126 Å². The summed E-state index contributed by atoms with van der Waals surface area (Å²) < 4.78 is 27.3. The molecule has 0 bridgehead atoms. The molecule has 4 N–H and O–H groups in total. The predicted octanol–water partition coefficient (Wildman–Crippen LogP) is 1.96. The normalized spacial score (nSPS) is 17.7. The fourth-order valence-corrected chi connectivity index (χ4v) is 5.04. The van der Waals surface area contributed by atoms with Crippen LogP contribution in [0, 0.1) is 5.41 Å². The maximum atomic E-state index is 12.4. The molecule has 2 aromatic rings. The molecule has 1 aromatic carbocycles. The highest BCUT2D eigenvalue weighted by molar-refractivity contribution is 7.92. The number of piperidine rings is 1. The van der Waals surface area contributed by atoms with E-state index in [2.05, 4.69) is 14.6 Å². The zero-order valence-electron chi connectivity index (χ0n) is 16.7. The van der Waals surface area contributed by atoms with Gasteiger partial charge in [-0.25, -0.2) is 8.42 Å². The number of carbonyl (C=O) groups is 1. The number of aromatic nitrogens is 1. The molecule has 1 aromatic heterocycles. The monoisotopic (exact) mass is 430 g/mol. The first-order chi connectivity index (χ1) is 14.3. The van der Waals surface area contributed by atoms with Crippen molar-refractivity contribution in [2.24, 2.45) is 11.1 Å². The van der Waals surface area contributed by atoms with Gasteiger partial charge < -0.3 is 15.7 Å². The minimum Gasteiger partial charge on any atom is -0.395 e. The summed E-state index contributed by atoms with van der Waals surface area (Å²) in [6.07, 6.45) is 6.19. The number of nitrogens with zero attached hydrogens (tertiary/aromatic N) is 2. The van der Waals surface area contributed by atoms with Crippen LogP contribution < -0.4 is 15.4 Å². The summed E-state index contributed by atoms with van der Waals surface area (Å²) in [6.45, 7) is 1.05. The van der Waals surface area contributed by atoms with Gasteiger partial charge in [-0.3, -0.25) is 14.5 Å². The Bertz CT molecular complexity index is 1040. The van der Waals surface area contributed by atoms with E-state index in [4.69, 9.17) is 10.8 Å². The SMILES string of the molecule is NC(=O)c1ccc(NS(=O)(=O)CCO)c(-c2ccccn2)c1N1CCC2(CC1)CC2. The molecule has 4 rings (SSSR count). The van der Waals surface area contributed by atoms with Gasteiger partial charge in [0.05, 0.1) is 35.0 Å². The van der Waals surface area contributed by atoms with E-state index >= 15 is 0 Å². The first-order valence-electron chi connectivity index (χ1n) is 10.1. The van der Waals surface area contributed by atoms with Crippen LogP contribution in [0.1, 0.15) is 36.0 Å². The molecule has 0 unspecified atom stereocenters. The van der Waals surface area contributed by atoms with Gasteiger partial charge in [0, 0.05) is 24.8 Å². The predicted molar refractivity (Wildman–Crippen MR) is 116 cm³/mol. The molecule has 1 aliphatic carbocycles. The van der Waals surface area contributed by atoms with Crippen LogP contribution in [0.15, 0.2) is 36.5 Å². The third-order valence-corrected chi connectivity index (χ3v) is 7.34. The number of anilines is 2. The molecule has 1 spiro atoms. The highest BCUT2D eigenvalue weighted by atomic mass is 32.2. The van der Waals surface area contributed by atoms with E-state index in [-0.39, 0.29) is 0 Å². The van der Waals surface area contributed by atoms with E-state index in [1.165, 1.54) is 18.9 Å². The maximum absolute atomic E-state index is 12.4. The van der Waals surface area contributed by atoms with Crippen molar-refractivity contribution in [3.63, 3.8) is 0 Å². The highest BCUT2D eigenvalue weighted by Gasteiger charge is 2.45. The third kappa shape index (κ3) is 4.13. The van der Waals surface area contributed by atoms with E-state index in [9.17, 15) is 13.2 Å². The summed E-state index contributed by atoms with van der Waals surface area (Å²) in [4.78, 5) is 18.8. The Morgan fingerprint density at radius 1 is 1.17 bits per heavy atom. The van der Waals surface area contributed by atoms with Crippen LogP contribution in [-0.4, -0.2) is 49.9 Å². The highest BCUT2D eigenvalue weighted by Crippen LogP contribution is 2.54. The lowest BCUT2D eigenvalue weighted by Gasteiger charge is -2.36. The number of amides is 1. The summed E-state index contributed by atoms with van der Waals surface area (Å²) in [5.74, 6) is -0.994. The second-order valence-electron chi connectivity index (χ2n) is 8.10. The van der Waals surface area contributed by atoms with Gasteiger partial charge in [-0.2, -0.15) is 0 Å². The van der Waals surface area contributed by atoms with Crippen molar-refractivity contribution >= 4 is 27.3 Å². The second-order valence-corrected chi connectivity index (χ2v) is 9.94. The minimum absolute atomic E-state index is 0.314. The molecule has 1 aliphatic heterocycles. The van der Waals surface area contributed by atoms with Crippen LogP contribution in [0.4, 0.5) is 11.4 Å². The summed E-state index contributed by atoms with van der Waals surface area (Å²) in [5, 5.41) is 9.10. The Hall–Kier alpha value is -2.65. The molecule has 30 heavy (non-hydrogen) atoms. The molecule has 2 heterocycles. The average molecular weight is 431 g/mol. The van der Waals surface area contributed by atoms with Gasteiger partial charge >= 0.3 is 0 Å². The van der Waals surface area contributed by atoms with Gasteiger partial charge in [0.1, 0.15) is 0 Å². The molecule has 1 saturated heterocycles. The minimum atomic E-state index is -3.77. The number of hydrogen-bond donors (Lipinski definition) is 3. The number of hydrogen-bond acceptors (Lipinski definition) is 6. The molecule has 9 heteroatoms. The number of aliphatic hydroxyl groups is 1. The van der Waals surface area contributed by atoms with E-state index in [1.54, 1.807) is 24.4 Å². The van der Waals surface area contributed by atoms with E-state index in [1.807, 2.05) is 6.07 Å². The molecule has 1 amide bonds. The molecule has 0 atom stereocenters. The van der Waals surface area contributed by atoms with Crippen molar-refractivity contribution in [1.82, 2.24) is 4.98 Å². The van der Waals surface area contributed by atoms with Crippen LogP contribution in [-0.2, 0) is 10.0 Å². The number of aliphatic hydroxyl groups excluding tert-OH is 1. The molecule has 160 valence electrons. The molecule has 2 aliphatic rings. The first kappa shape index (κ1) is 20.6. The number of primary amides is 1. The lowest BCUT2D eigenvalue weighted by Crippen LogP contribution is -2.36. The van der Waals surface area contributed by atoms with Crippen molar-refractivity contribution in [1.29, 1.82) is 0 Å². The number of pyridine rings is 1. The van der Waals surface area contributed by atoms with Gasteiger partial charge in [0.15, 0.2) is 0 Å². The van der Waals surface area contributed by atoms with E-state index in [0.717, 1.165) is 25.9 Å². The van der Waals surface area contributed by atoms with Crippen LogP contribution in [0.2, 0.25) is 0 Å². The van der Waals surface area contributed by atoms with Gasteiger partial charge in [0.2, 0.25) is 10.0 Å². The fraction of sp³-hybridized carbons (Fsp3) is 0.429. The summed E-state index contributed by atoms with van der Waals surface area (Å²) in [7, 11) is -3.77. The number of nitrogens with two attached hydrogens (primary N) is 1. The van der Waals surface area contributed by atoms with Crippen molar-refractivity contribution in [3.05, 3.63) is 42.1 Å². The number of nitrogens with one attached hydrogen (secondary N) is 1. The van der Waals surface area contributed by atoms with Crippen molar-refractivity contribution in [2.45, 2.75) is 25.7 Å². The molecular formula is C21H26N4O4S. The standard InChI is InChI=1S/C21H26N4O4S/c22-20(27)15-4-5-17(24-30(28,29)14-13-26)18(16-3-1-2-10-23-16)19(15)25-11-8-21(6-7-21)9-12-25/h1-5,10,24,26H,6-9,11-14H2,(H2,22,27). The largest absolute Gasteiger partial charge is 0.395 e. The molecular weight excluding hydrogens is 404 g/mol. The van der Waals surface area contributed by atoms with Gasteiger partial charge in [-0.15, -0.1) is 0 Å². The van der Waals surface area contributed by atoms with Crippen LogP contribution in [0.5, 0.6) is 0 Å². The van der Waals surface area contributed by atoms with Gasteiger partial charge in [-0.05, 0) is 55.4 Å². The summed E-state index contributed by atoms with van der Waals surface area (Å²) >= 11 is 0.